The monoisotopic (exact) mass is 309 g/mol. The number of nitrogens with two attached hydrogens (primary N) is 1. The third-order valence-electron chi connectivity index (χ3n) is 4.04. The Balaban J connectivity index is 0. The maximum absolute atomic E-state index is 6.05. The molecule has 0 bridgehead atoms. The minimum atomic E-state index is -0.410. The van der Waals surface area contributed by atoms with Crippen LogP contribution in [0.25, 0.3) is 0 Å². The molecule has 0 spiro atoms. The molecule has 0 radical (unpaired) electrons. The minimum absolute atomic E-state index is 0. The van der Waals surface area contributed by atoms with Gasteiger partial charge in [-0.05, 0) is 33.6 Å². The van der Waals surface area contributed by atoms with Crippen LogP contribution in [0.5, 0.6) is 0 Å². The van der Waals surface area contributed by atoms with Crippen molar-refractivity contribution >= 4 is 12.4 Å². The Morgan fingerprint density at radius 1 is 0.800 bits per heavy atom. The Morgan fingerprint density at radius 3 is 1.65 bits per heavy atom. The first-order valence-corrected chi connectivity index (χ1v) is 7.91. The van der Waals surface area contributed by atoms with Gasteiger partial charge in [0.15, 0.2) is 0 Å². The molecule has 0 rings (SSSR count). The summed E-state index contributed by atoms with van der Waals surface area (Å²) in [6.45, 7) is 12.7. The summed E-state index contributed by atoms with van der Waals surface area (Å²) >= 11 is 0. The fourth-order valence-electron chi connectivity index (χ4n) is 1.96. The molecular formula is C16H36ClNO2. The highest BCUT2D eigenvalue weighted by Gasteiger charge is 2.42. The van der Waals surface area contributed by atoms with Crippen LogP contribution >= 0.6 is 12.4 Å². The standard InChI is InChI=1S/C16H35NO2.ClH/c1-6-8-10-12-18-15(3,4)16(5,14-17)19-13-11-9-7-2;/h6-14,17H2,1-5H3;1H. The lowest BCUT2D eigenvalue weighted by atomic mass is 9.87. The quantitative estimate of drug-likeness (QED) is 0.546. The lowest BCUT2D eigenvalue weighted by Gasteiger charge is -2.43. The van der Waals surface area contributed by atoms with E-state index in [4.69, 9.17) is 15.2 Å². The van der Waals surface area contributed by atoms with Crippen LogP contribution in [0.4, 0.5) is 0 Å². The lowest BCUT2D eigenvalue weighted by Crippen LogP contribution is -2.56. The zero-order valence-electron chi connectivity index (χ0n) is 14.2. The number of hydrogen-bond donors (Lipinski definition) is 1. The Kier molecular flexibility index (Phi) is 13.2. The van der Waals surface area contributed by atoms with E-state index >= 15 is 0 Å². The summed E-state index contributed by atoms with van der Waals surface area (Å²) in [5.74, 6) is 0. The fraction of sp³-hybridized carbons (Fsp3) is 1.00. The third-order valence-corrected chi connectivity index (χ3v) is 4.04. The van der Waals surface area contributed by atoms with Gasteiger partial charge in [0, 0.05) is 19.8 Å². The van der Waals surface area contributed by atoms with Crippen LogP contribution in [0.2, 0.25) is 0 Å². The first kappa shape index (κ1) is 22.5. The van der Waals surface area contributed by atoms with Crippen molar-refractivity contribution in [2.45, 2.75) is 84.3 Å². The van der Waals surface area contributed by atoms with E-state index in [0.29, 0.717) is 6.54 Å². The molecule has 0 heterocycles. The third kappa shape index (κ3) is 7.82. The highest BCUT2D eigenvalue weighted by Crippen LogP contribution is 2.29. The van der Waals surface area contributed by atoms with E-state index in [2.05, 4.69) is 34.6 Å². The van der Waals surface area contributed by atoms with Gasteiger partial charge in [0.2, 0.25) is 0 Å². The average Bonchev–Trinajstić information content (AvgIpc) is 2.39. The molecule has 0 amide bonds. The highest BCUT2D eigenvalue weighted by molar-refractivity contribution is 5.85. The first-order valence-electron chi connectivity index (χ1n) is 7.91. The van der Waals surface area contributed by atoms with Crippen LogP contribution in [0.1, 0.15) is 73.1 Å². The van der Waals surface area contributed by atoms with Crippen molar-refractivity contribution in [3.05, 3.63) is 0 Å². The van der Waals surface area contributed by atoms with Gasteiger partial charge in [-0.15, -0.1) is 12.4 Å². The van der Waals surface area contributed by atoms with E-state index in [-0.39, 0.29) is 18.0 Å². The van der Waals surface area contributed by atoms with Crippen LogP contribution in [0.3, 0.4) is 0 Å². The molecule has 0 aromatic heterocycles. The number of rotatable bonds is 12. The molecule has 0 aromatic rings. The van der Waals surface area contributed by atoms with Gasteiger partial charge in [0.25, 0.3) is 0 Å². The first-order chi connectivity index (χ1) is 8.93. The molecular weight excluding hydrogens is 274 g/mol. The number of halogens is 1. The summed E-state index contributed by atoms with van der Waals surface area (Å²) < 4.78 is 12.1. The van der Waals surface area contributed by atoms with Crippen molar-refractivity contribution in [3.63, 3.8) is 0 Å². The Hall–Kier alpha value is 0.170. The molecule has 3 nitrogen and oxygen atoms in total. The highest BCUT2D eigenvalue weighted by atomic mass is 35.5. The van der Waals surface area contributed by atoms with E-state index in [0.717, 1.165) is 26.1 Å². The molecule has 0 fully saturated rings. The maximum Gasteiger partial charge on any atom is 0.106 e. The predicted octanol–water partition coefficient (Wildman–Crippen LogP) is 4.32. The molecule has 0 aliphatic carbocycles. The zero-order chi connectivity index (χ0) is 14.8. The Labute approximate surface area is 132 Å². The summed E-state index contributed by atoms with van der Waals surface area (Å²) in [5.41, 5.74) is 5.18. The van der Waals surface area contributed by atoms with Crippen LogP contribution in [-0.2, 0) is 9.47 Å². The molecule has 4 heteroatoms. The summed E-state index contributed by atoms with van der Waals surface area (Å²) in [4.78, 5) is 0. The molecule has 0 saturated carbocycles. The Bertz CT molecular complexity index is 225. The van der Waals surface area contributed by atoms with Gasteiger partial charge < -0.3 is 15.2 Å². The predicted molar refractivity (Wildman–Crippen MR) is 89.7 cm³/mol. The smallest absolute Gasteiger partial charge is 0.106 e. The van der Waals surface area contributed by atoms with E-state index in [1.165, 1.54) is 25.7 Å². The van der Waals surface area contributed by atoms with Crippen molar-refractivity contribution in [2.24, 2.45) is 5.73 Å². The van der Waals surface area contributed by atoms with E-state index in [1.807, 2.05) is 0 Å². The normalized spacial score (nSPS) is 14.7. The molecule has 20 heavy (non-hydrogen) atoms. The Morgan fingerprint density at radius 2 is 1.25 bits per heavy atom. The van der Waals surface area contributed by atoms with Crippen LogP contribution in [0.15, 0.2) is 0 Å². The molecule has 0 aliphatic heterocycles. The minimum Gasteiger partial charge on any atom is -0.373 e. The van der Waals surface area contributed by atoms with Gasteiger partial charge in [0.1, 0.15) is 5.60 Å². The van der Waals surface area contributed by atoms with Crippen LogP contribution < -0.4 is 5.73 Å². The van der Waals surface area contributed by atoms with Gasteiger partial charge in [-0.3, -0.25) is 0 Å². The molecule has 1 atom stereocenters. The average molecular weight is 310 g/mol. The van der Waals surface area contributed by atoms with Crippen LogP contribution in [0, 0.1) is 0 Å². The molecule has 124 valence electrons. The second-order valence-electron chi connectivity index (χ2n) is 6.06. The van der Waals surface area contributed by atoms with Crippen molar-refractivity contribution in [1.82, 2.24) is 0 Å². The molecule has 0 aliphatic rings. The summed E-state index contributed by atoms with van der Waals surface area (Å²) in [7, 11) is 0. The molecule has 2 N–H and O–H groups in total. The summed E-state index contributed by atoms with van der Waals surface area (Å²) in [5, 5.41) is 0. The summed E-state index contributed by atoms with van der Waals surface area (Å²) in [6.07, 6.45) is 7.05. The van der Waals surface area contributed by atoms with Crippen molar-refractivity contribution in [1.29, 1.82) is 0 Å². The zero-order valence-corrected chi connectivity index (χ0v) is 15.0. The molecule has 0 saturated heterocycles. The van der Waals surface area contributed by atoms with Gasteiger partial charge >= 0.3 is 0 Å². The van der Waals surface area contributed by atoms with Gasteiger partial charge in [-0.1, -0.05) is 39.5 Å². The van der Waals surface area contributed by atoms with E-state index < -0.39 is 5.60 Å². The largest absolute Gasteiger partial charge is 0.373 e. The SMILES string of the molecule is CCCCCOC(C)(C)C(C)(CN)OCCCCC.Cl. The van der Waals surface area contributed by atoms with E-state index in [9.17, 15) is 0 Å². The molecule has 0 aromatic carbocycles. The van der Waals surface area contributed by atoms with Crippen molar-refractivity contribution < 1.29 is 9.47 Å². The van der Waals surface area contributed by atoms with Crippen molar-refractivity contribution in [2.75, 3.05) is 19.8 Å². The number of unbranched alkanes of at least 4 members (excludes halogenated alkanes) is 4. The lowest BCUT2D eigenvalue weighted by molar-refractivity contribution is -0.181. The maximum atomic E-state index is 6.05. The second-order valence-corrected chi connectivity index (χ2v) is 6.06. The van der Waals surface area contributed by atoms with Gasteiger partial charge in [-0.25, -0.2) is 0 Å². The fourth-order valence-corrected chi connectivity index (χ4v) is 1.96. The number of ether oxygens (including phenoxy) is 2. The van der Waals surface area contributed by atoms with Crippen molar-refractivity contribution in [3.8, 4) is 0 Å². The van der Waals surface area contributed by atoms with Crippen LogP contribution in [-0.4, -0.2) is 31.0 Å². The van der Waals surface area contributed by atoms with Gasteiger partial charge in [0.05, 0.1) is 5.60 Å². The molecule has 1 unspecified atom stereocenters. The summed E-state index contributed by atoms with van der Waals surface area (Å²) in [6, 6.07) is 0. The second kappa shape index (κ2) is 11.8. The van der Waals surface area contributed by atoms with E-state index in [1.54, 1.807) is 0 Å². The number of hydrogen-bond acceptors (Lipinski definition) is 3. The van der Waals surface area contributed by atoms with Gasteiger partial charge in [-0.2, -0.15) is 0 Å². The topological polar surface area (TPSA) is 44.5 Å².